The number of benzene rings is 2. The molecular formula is C16H17BrN2O3S. The summed E-state index contributed by atoms with van der Waals surface area (Å²) in [5, 5.41) is 2.76. The van der Waals surface area contributed by atoms with Gasteiger partial charge in [0.2, 0.25) is 10.0 Å². The van der Waals surface area contributed by atoms with Crippen molar-refractivity contribution in [2.45, 2.75) is 11.8 Å². The summed E-state index contributed by atoms with van der Waals surface area (Å²) in [6, 6.07) is 11.4. The molecule has 0 spiro atoms. The van der Waals surface area contributed by atoms with Gasteiger partial charge in [0.25, 0.3) is 5.91 Å². The number of anilines is 1. The van der Waals surface area contributed by atoms with Gasteiger partial charge < -0.3 is 5.32 Å². The highest BCUT2D eigenvalue weighted by molar-refractivity contribution is 9.10. The molecule has 7 heteroatoms. The zero-order chi connectivity index (χ0) is 17.2. The van der Waals surface area contributed by atoms with Crippen molar-refractivity contribution >= 4 is 37.5 Å². The van der Waals surface area contributed by atoms with Crippen molar-refractivity contribution in [2.24, 2.45) is 0 Å². The average Bonchev–Trinajstić information content (AvgIpc) is 2.51. The van der Waals surface area contributed by atoms with Crippen molar-refractivity contribution in [3.8, 4) is 0 Å². The molecule has 1 amide bonds. The number of halogens is 1. The molecule has 0 bridgehead atoms. The van der Waals surface area contributed by atoms with E-state index >= 15 is 0 Å². The molecule has 0 aliphatic rings. The first-order valence-electron chi connectivity index (χ1n) is 6.82. The summed E-state index contributed by atoms with van der Waals surface area (Å²) in [6.45, 7) is 1.95. The van der Waals surface area contributed by atoms with Crippen LogP contribution in [0.5, 0.6) is 0 Å². The molecule has 0 atom stereocenters. The molecule has 2 aromatic carbocycles. The minimum Gasteiger partial charge on any atom is -0.322 e. The lowest BCUT2D eigenvalue weighted by molar-refractivity contribution is 0.102. The third kappa shape index (κ3) is 3.99. The van der Waals surface area contributed by atoms with Crippen LogP contribution in [0.25, 0.3) is 0 Å². The van der Waals surface area contributed by atoms with E-state index in [1.54, 1.807) is 24.3 Å². The normalized spacial score (nSPS) is 11.5. The molecule has 0 unspecified atom stereocenters. The minimum absolute atomic E-state index is 0.0836. The van der Waals surface area contributed by atoms with E-state index < -0.39 is 10.0 Å². The van der Waals surface area contributed by atoms with Gasteiger partial charge in [0.1, 0.15) is 0 Å². The minimum atomic E-state index is -3.57. The van der Waals surface area contributed by atoms with Gasteiger partial charge in [-0.1, -0.05) is 28.1 Å². The molecule has 0 fully saturated rings. The topological polar surface area (TPSA) is 66.5 Å². The fourth-order valence-corrected chi connectivity index (χ4v) is 3.21. The predicted molar refractivity (Wildman–Crippen MR) is 94.1 cm³/mol. The van der Waals surface area contributed by atoms with E-state index in [0.717, 1.165) is 14.3 Å². The molecule has 122 valence electrons. The Morgan fingerprint density at radius 2 is 1.83 bits per heavy atom. The van der Waals surface area contributed by atoms with Crippen LogP contribution < -0.4 is 5.32 Å². The van der Waals surface area contributed by atoms with E-state index in [4.69, 9.17) is 0 Å². The molecule has 0 saturated carbocycles. The Labute approximate surface area is 144 Å². The Kier molecular flexibility index (Phi) is 5.23. The van der Waals surface area contributed by atoms with Crippen LogP contribution >= 0.6 is 15.9 Å². The fraction of sp³-hybridized carbons (Fsp3) is 0.188. The van der Waals surface area contributed by atoms with Gasteiger partial charge in [-0.15, -0.1) is 0 Å². The van der Waals surface area contributed by atoms with Gasteiger partial charge in [-0.25, -0.2) is 12.7 Å². The molecule has 2 rings (SSSR count). The Bertz CT molecular complexity index is 848. The first-order valence-corrected chi connectivity index (χ1v) is 9.05. The Morgan fingerprint density at radius 1 is 1.13 bits per heavy atom. The zero-order valence-corrected chi connectivity index (χ0v) is 15.4. The molecule has 2 aromatic rings. The summed E-state index contributed by atoms with van der Waals surface area (Å²) in [5.74, 6) is -0.364. The fourth-order valence-electron chi connectivity index (χ4n) is 1.88. The van der Waals surface area contributed by atoms with Crippen LogP contribution in [0.15, 0.2) is 51.8 Å². The number of carbonyl (C=O) groups is 1. The quantitative estimate of drug-likeness (QED) is 0.861. The predicted octanol–water partition coefficient (Wildman–Crippen LogP) is 3.26. The van der Waals surface area contributed by atoms with Gasteiger partial charge in [-0.3, -0.25) is 4.79 Å². The van der Waals surface area contributed by atoms with Crippen LogP contribution in [0.4, 0.5) is 5.69 Å². The molecule has 0 saturated heterocycles. The van der Waals surface area contributed by atoms with Gasteiger partial charge in [-0.2, -0.15) is 0 Å². The summed E-state index contributed by atoms with van der Waals surface area (Å²) >= 11 is 3.41. The van der Waals surface area contributed by atoms with Crippen LogP contribution in [0, 0.1) is 6.92 Å². The van der Waals surface area contributed by atoms with Crippen molar-refractivity contribution in [1.82, 2.24) is 4.31 Å². The van der Waals surface area contributed by atoms with Crippen molar-refractivity contribution in [3.05, 3.63) is 58.1 Å². The maximum atomic E-state index is 12.3. The lowest BCUT2D eigenvalue weighted by Gasteiger charge is -2.12. The highest BCUT2D eigenvalue weighted by atomic mass is 79.9. The molecule has 0 aromatic heterocycles. The molecule has 0 heterocycles. The van der Waals surface area contributed by atoms with Crippen molar-refractivity contribution in [2.75, 3.05) is 19.4 Å². The van der Waals surface area contributed by atoms with E-state index in [1.807, 2.05) is 13.0 Å². The van der Waals surface area contributed by atoms with Crippen molar-refractivity contribution < 1.29 is 13.2 Å². The van der Waals surface area contributed by atoms with Crippen LogP contribution in [0.3, 0.4) is 0 Å². The number of hydrogen-bond donors (Lipinski definition) is 1. The molecule has 23 heavy (non-hydrogen) atoms. The summed E-state index contributed by atoms with van der Waals surface area (Å²) in [7, 11) is -0.672. The second-order valence-electron chi connectivity index (χ2n) is 5.23. The average molecular weight is 397 g/mol. The van der Waals surface area contributed by atoms with E-state index in [1.165, 1.54) is 26.2 Å². The summed E-state index contributed by atoms with van der Waals surface area (Å²) in [5.41, 5.74) is 1.97. The largest absolute Gasteiger partial charge is 0.322 e. The first-order chi connectivity index (χ1) is 10.7. The number of nitrogens with one attached hydrogen (secondary N) is 1. The number of sulfonamides is 1. The molecule has 1 N–H and O–H groups in total. The highest BCUT2D eigenvalue weighted by Crippen LogP contribution is 2.21. The second-order valence-corrected chi connectivity index (χ2v) is 8.24. The van der Waals surface area contributed by atoms with Crippen molar-refractivity contribution in [3.63, 3.8) is 0 Å². The van der Waals surface area contributed by atoms with Gasteiger partial charge in [0.15, 0.2) is 0 Å². The van der Waals surface area contributed by atoms with Gasteiger partial charge in [0.05, 0.1) is 4.90 Å². The number of carbonyl (C=O) groups excluding carboxylic acids is 1. The van der Waals surface area contributed by atoms with Crippen LogP contribution in [-0.2, 0) is 10.0 Å². The maximum Gasteiger partial charge on any atom is 0.255 e. The molecule has 0 aliphatic heterocycles. The summed E-state index contributed by atoms with van der Waals surface area (Å²) in [4.78, 5) is 12.4. The van der Waals surface area contributed by atoms with Crippen LogP contribution in [0.1, 0.15) is 15.9 Å². The van der Waals surface area contributed by atoms with Gasteiger partial charge in [-0.05, 0) is 42.8 Å². The molecular weight excluding hydrogens is 380 g/mol. The second kappa shape index (κ2) is 6.82. The zero-order valence-electron chi connectivity index (χ0n) is 13.0. The third-order valence-corrected chi connectivity index (χ3v) is 5.97. The van der Waals surface area contributed by atoms with Gasteiger partial charge in [0, 0.05) is 29.8 Å². The first kappa shape index (κ1) is 17.7. The van der Waals surface area contributed by atoms with E-state index in [2.05, 4.69) is 21.2 Å². The van der Waals surface area contributed by atoms with E-state index in [9.17, 15) is 13.2 Å². The number of amides is 1. The van der Waals surface area contributed by atoms with Crippen molar-refractivity contribution in [1.29, 1.82) is 0 Å². The Morgan fingerprint density at radius 3 is 2.43 bits per heavy atom. The van der Waals surface area contributed by atoms with E-state index in [-0.39, 0.29) is 16.4 Å². The van der Waals surface area contributed by atoms with E-state index in [0.29, 0.717) is 5.69 Å². The number of aryl methyl sites for hydroxylation is 1. The molecule has 5 nitrogen and oxygen atoms in total. The third-order valence-electron chi connectivity index (χ3n) is 3.30. The Hall–Kier alpha value is -1.70. The monoisotopic (exact) mass is 396 g/mol. The lowest BCUT2D eigenvalue weighted by Crippen LogP contribution is -2.22. The highest BCUT2D eigenvalue weighted by Gasteiger charge is 2.18. The smallest absolute Gasteiger partial charge is 0.255 e. The number of hydrogen-bond acceptors (Lipinski definition) is 3. The number of nitrogens with zero attached hydrogens (tertiary/aromatic N) is 1. The summed E-state index contributed by atoms with van der Waals surface area (Å²) < 4.78 is 26.3. The standard InChI is InChI=1S/C16H17BrN2O3S/c1-11-7-8-13(10-15(11)17)18-16(20)12-5-4-6-14(9-12)23(21,22)19(2)3/h4-10H,1-3H3,(H,18,20). The number of rotatable bonds is 4. The summed E-state index contributed by atoms with van der Waals surface area (Å²) in [6.07, 6.45) is 0. The molecule has 0 radical (unpaired) electrons. The lowest BCUT2D eigenvalue weighted by atomic mass is 10.2. The maximum absolute atomic E-state index is 12.3. The van der Waals surface area contributed by atoms with Crippen LogP contribution in [0.2, 0.25) is 0 Å². The molecule has 0 aliphatic carbocycles. The van der Waals surface area contributed by atoms with Crippen LogP contribution in [-0.4, -0.2) is 32.7 Å². The Balaban J connectivity index is 2.28. The van der Waals surface area contributed by atoms with Gasteiger partial charge >= 0.3 is 0 Å². The SMILES string of the molecule is Cc1ccc(NC(=O)c2cccc(S(=O)(=O)N(C)C)c2)cc1Br.